The number of fused-ring (bicyclic) bond motifs is 1. The van der Waals surface area contributed by atoms with Crippen LogP contribution < -0.4 is 10.9 Å². The van der Waals surface area contributed by atoms with E-state index < -0.39 is 0 Å². The average molecular weight is 360 g/mol. The zero-order chi connectivity index (χ0) is 18.8. The fraction of sp³-hybridized carbons (Fsp3) is 0.200. The van der Waals surface area contributed by atoms with E-state index in [0.29, 0.717) is 16.9 Å². The molecule has 2 N–H and O–H groups in total. The summed E-state index contributed by atoms with van der Waals surface area (Å²) in [6.07, 6.45) is 0. The fourth-order valence-electron chi connectivity index (χ4n) is 3.15. The Morgan fingerprint density at radius 3 is 2.26 bits per heavy atom. The lowest BCUT2D eigenvalue weighted by atomic mass is 10.1. The van der Waals surface area contributed by atoms with E-state index in [1.165, 1.54) is 0 Å². The summed E-state index contributed by atoms with van der Waals surface area (Å²) in [5, 5.41) is 18.5. The van der Waals surface area contributed by atoms with Crippen molar-refractivity contribution in [1.29, 1.82) is 0 Å². The standard InChI is InChI=1S/C20H20N6O/c1-13(15-9-5-3-6-10-15)21-19-17-18(20(27)24-23-19)26(25-22-17)14(2)16-11-7-4-8-12-16/h3-14H,1-2H3,(H,21,23)(H,24,27). The Labute approximate surface area is 156 Å². The van der Waals surface area contributed by atoms with Gasteiger partial charge in [0.1, 0.15) is 0 Å². The minimum atomic E-state index is -0.310. The van der Waals surface area contributed by atoms with Crippen molar-refractivity contribution in [3.63, 3.8) is 0 Å². The smallest absolute Gasteiger partial charge is 0.292 e. The van der Waals surface area contributed by atoms with Crippen molar-refractivity contribution < 1.29 is 0 Å². The van der Waals surface area contributed by atoms with Gasteiger partial charge in [0.2, 0.25) is 0 Å². The summed E-state index contributed by atoms with van der Waals surface area (Å²) in [6.45, 7) is 4.02. The number of hydrogen-bond acceptors (Lipinski definition) is 5. The van der Waals surface area contributed by atoms with Gasteiger partial charge in [-0.3, -0.25) is 4.79 Å². The Morgan fingerprint density at radius 1 is 0.963 bits per heavy atom. The maximum atomic E-state index is 12.5. The zero-order valence-electron chi connectivity index (χ0n) is 15.1. The monoisotopic (exact) mass is 360 g/mol. The molecule has 0 aliphatic carbocycles. The van der Waals surface area contributed by atoms with Gasteiger partial charge in [0.15, 0.2) is 16.9 Å². The molecule has 0 fully saturated rings. The molecule has 2 aromatic carbocycles. The van der Waals surface area contributed by atoms with Gasteiger partial charge in [-0.2, -0.15) is 5.10 Å². The van der Waals surface area contributed by atoms with Crippen molar-refractivity contribution in [2.75, 3.05) is 5.32 Å². The largest absolute Gasteiger partial charge is 0.360 e. The SMILES string of the molecule is CC(Nc1n[nH]c(=O)c2c1nnn2C(C)c1ccccc1)c1ccccc1. The van der Waals surface area contributed by atoms with Gasteiger partial charge in [-0.05, 0) is 25.0 Å². The third-order valence-corrected chi connectivity index (χ3v) is 4.70. The quantitative estimate of drug-likeness (QED) is 0.570. The first-order chi connectivity index (χ1) is 13.1. The van der Waals surface area contributed by atoms with E-state index in [4.69, 9.17) is 0 Å². The number of benzene rings is 2. The first kappa shape index (κ1) is 17.0. The topological polar surface area (TPSA) is 88.5 Å². The first-order valence-electron chi connectivity index (χ1n) is 8.85. The highest BCUT2D eigenvalue weighted by molar-refractivity contribution is 5.84. The highest BCUT2D eigenvalue weighted by Crippen LogP contribution is 2.24. The molecule has 0 bridgehead atoms. The molecule has 7 nitrogen and oxygen atoms in total. The van der Waals surface area contributed by atoms with Crippen LogP contribution in [0.5, 0.6) is 0 Å². The fourth-order valence-corrected chi connectivity index (χ4v) is 3.15. The van der Waals surface area contributed by atoms with E-state index in [2.05, 4.69) is 25.8 Å². The van der Waals surface area contributed by atoms with Crippen molar-refractivity contribution in [2.24, 2.45) is 0 Å². The van der Waals surface area contributed by atoms with Crippen LogP contribution in [-0.4, -0.2) is 25.2 Å². The van der Waals surface area contributed by atoms with Crippen LogP contribution >= 0.6 is 0 Å². The second-order valence-electron chi connectivity index (χ2n) is 6.50. The van der Waals surface area contributed by atoms with Crippen molar-refractivity contribution in [3.8, 4) is 0 Å². The molecule has 0 amide bonds. The van der Waals surface area contributed by atoms with E-state index in [1.54, 1.807) is 4.68 Å². The lowest BCUT2D eigenvalue weighted by molar-refractivity contribution is 0.558. The second-order valence-corrected chi connectivity index (χ2v) is 6.50. The number of anilines is 1. The van der Waals surface area contributed by atoms with Crippen LogP contribution in [0.15, 0.2) is 65.5 Å². The van der Waals surface area contributed by atoms with E-state index >= 15 is 0 Å². The summed E-state index contributed by atoms with van der Waals surface area (Å²) in [4.78, 5) is 12.5. The molecule has 27 heavy (non-hydrogen) atoms. The van der Waals surface area contributed by atoms with E-state index in [1.807, 2.05) is 74.5 Å². The summed E-state index contributed by atoms with van der Waals surface area (Å²) in [5.74, 6) is 0.507. The van der Waals surface area contributed by atoms with Crippen molar-refractivity contribution in [1.82, 2.24) is 25.2 Å². The second kappa shape index (κ2) is 7.03. The molecule has 4 aromatic rings. The highest BCUT2D eigenvalue weighted by atomic mass is 16.1. The summed E-state index contributed by atoms with van der Waals surface area (Å²) < 4.78 is 1.64. The minimum Gasteiger partial charge on any atom is -0.360 e. The van der Waals surface area contributed by atoms with Gasteiger partial charge >= 0.3 is 0 Å². The molecule has 136 valence electrons. The van der Waals surface area contributed by atoms with Gasteiger partial charge in [-0.15, -0.1) is 5.10 Å². The number of H-pyrrole nitrogens is 1. The predicted octanol–water partition coefficient (Wildman–Crippen LogP) is 3.30. The van der Waals surface area contributed by atoms with Crippen LogP contribution in [-0.2, 0) is 0 Å². The van der Waals surface area contributed by atoms with Gasteiger partial charge in [0.25, 0.3) is 5.56 Å². The van der Waals surface area contributed by atoms with Crippen LogP contribution in [0.4, 0.5) is 5.82 Å². The molecule has 0 saturated carbocycles. The number of nitrogens with one attached hydrogen (secondary N) is 2. The van der Waals surface area contributed by atoms with E-state index in [-0.39, 0.29) is 17.6 Å². The first-order valence-corrected chi connectivity index (χ1v) is 8.85. The maximum Gasteiger partial charge on any atom is 0.292 e. The lowest BCUT2D eigenvalue weighted by Crippen LogP contribution is -2.18. The normalized spacial score (nSPS) is 13.4. The number of aromatic nitrogens is 5. The molecular formula is C20H20N6O. The lowest BCUT2D eigenvalue weighted by Gasteiger charge is -2.15. The molecule has 2 unspecified atom stereocenters. The Balaban J connectivity index is 1.74. The number of hydrogen-bond donors (Lipinski definition) is 2. The molecule has 0 radical (unpaired) electrons. The number of aromatic amines is 1. The molecule has 0 spiro atoms. The third-order valence-electron chi connectivity index (χ3n) is 4.70. The summed E-state index contributed by atoms with van der Waals surface area (Å²) >= 11 is 0. The molecule has 4 rings (SSSR count). The average Bonchev–Trinajstić information content (AvgIpc) is 3.17. The van der Waals surface area contributed by atoms with E-state index in [0.717, 1.165) is 11.1 Å². The van der Waals surface area contributed by atoms with Gasteiger partial charge < -0.3 is 5.32 Å². The zero-order valence-corrected chi connectivity index (χ0v) is 15.1. The van der Waals surface area contributed by atoms with E-state index in [9.17, 15) is 4.79 Å². The Hall–Kier alpha value is -3.48. The highest BCUT2D eigenvalue weighted by Gasteiger charge is 2.20. The molecule has 0 saturated heterocycles. The molecule has 7 heteroatoms. The maximum absolute atomic E-state index is 12.5. The summed E-state index contributed by atoms with van der Waals surface area (Å²) in [5.41, 5.74) is 2.72. The van der Waals surface area contributed by atoms with Crippen LogP contribution in [0, 0.1) is 0 Å². The van der Waals surface area contributed by atoms with Crippen LogP contribution in [0.3, 0.4) is 0 Å². The van der Waals surface area contributed by atoms with Crippen molar-refractivity contribution in [3.05, 3.63) is 82.1 Å². The van der Waals surface area contributed by atoms with Crippen LogP contribution in [0.25, 0.3) is 11.0 Å². The molecule has 2 atom stereocenters. The van der Waals surface area contributed by atoms with Gasteiger partial charge in [-0.25, -0.2) is 9.78 Å². The summed E-state index contributed by atoms with van der Waals surface area (Å²) in [6, 6.07) is 19.8. The van der Waals surface area contributed by atoms with Gasteiger partial charge in [-0.1, -0.05) is 65.9 Å². The number of nitrogens with zero attached hydrogens (tertiary/aromatic N) is 4. The van der Waals surface area contributed by atoms with Gasteiger partial charge in [0.05, 0.1) is 12.1 Å². The molecule has 2 heterocycles. The predicted molar refractivity (Wildman–Crippen MR) is 105 cm³/mol. The van der Waals surface area contributed by atoms with Crippen LogP contribution in [0.1, 0.15) is 37.1 Å². The number of rotatable bonds is 5. The Bertz CT molecular complexity index is 1100. The Kier molecular flexibility index (Phi) is 4.42. The minimum absolute atomic E-state index is 0.00417. The molecule has 0 aliphatic heterocycles. The van der Waals surface area contributed by atoms with Gasteiger partial charge in [0, 0.05) is 0 Å². The summed E-state index contributed by atoms with van der Waals surface area (Å²) in [7, 11) is 0. The molecule has 2 aromatic heterocycles. The van der Waals surface area contributed by atoms with Crippen LogP contribution in [0.2, 0.25) is 0 Å². The molecule has 0 aliphatic rings. The third kappa shape index (κ3) is 3.19. The van der Waals surface area contributed by atoms with Crippen molar-refractivity contribution in [2.45, 2.75) is 25.9 Å². The Morgan fingerprint density at radius 2 is 1.59 bits per heavy atom. The van der Waals surface area contributed by atoms with Crippen molar-refractivity contribution >= 4 is 16.9 Å². The molecular weight excluding hydrogens is 340 g/mol.